The molecule has 0 bridgehead atoms. The molecule has 1 heterocycles. The first-order chi connectivity index (χ1) is 9.91. The molecule has 2 N–H and O–H groups in total. The number of hydrogen-bond acceptors (Lipinski definition) is 4. The van der Waals surface area contributed by atoms with E-state index in [0.717, 1.165) is 0 Å². The van der Waals surface area contributed by atoms with Gasteiger partial charge in [0.05, 0.1) is 17.1 Å². The molecule has 0 saturated carbocycles. The summed E-state index contributed by atoms with van der Waals surface area (Å²) >= 11 is 5.95. The highest BCUT2D eigenvalue weighted by molar-refractivity contribution is 7.91. The van der Waals surface area contributed by atoms with Crippen molar-refractivity contribution in [2.24, 2.45) is 0 Å². The third-order valence-corrected chi connectivity index (χ3v) is 5.45. The van der Waals surface area contributed by atoms with Crippen LogP contribution in [0.15, 0.2) is 18.2 Å². The largest absolute Gasteiger partial charge is 0.385 e. The van der Waals surface area contributed by atoms with Crippen LogP contribution in [0.1, 0.15) is 30.1 Å². The second kappa shape index (κ2) is 6.66. The average molecular weight is 331 g/mol. The van der Waals surface area contributed by atoms with Gasteiger partial charge in [-0.25, -0.2) is 8.42 Å². The molecule has 1 unspecified atom stereocenters. The minimum absolute atomic E-state index is 0.00977. The van der Waals surface area contributed by atoms with E-state index in [-0.39, 0.29) is 23.5 Å². The number of anilines is 1. The highest BCUT2D eigenvalue weighted by atomic mass is 35.5. The molecule has 1 aliphatic rings. The number of sulfone groups is 1. The van der Waals surface area contributed by atoms with Crippen LogP contribution < -0.4 is 10.6 Å². The Balaban J connectivity index is 2.14. The molecule has 7 heteroatoms. The van der Waals surface area contributed by atoms with Crippen LogP contribution in [0, 0.1) is 0 Å². The molecule has 5 nitrogen and oxygen atoms in total. The molecule has 0 spiro atoms. The summed E-state index contributed by atoms with van der Waals surface area (Å²) in [6, 6.07) is 4.72. The van der Waals surface area contributed by atoms with Gasteiger partial charge in [0, 0.05) is 23.3 Å². The fraction of sp³-hybridized carbons (Fsp3) is 0.500. The van der Waals surface area contributed by atoms with Gasteiger partial charge >= 0.3 is 0 Å². The summed E-state index contributed by atoms with van der Waals surface area (Å²) in [5.41, 5.74) is 1.13. The fourth-order valence-electron chi connectivity index (χ4n) is 2.45. The van der Waals surface area contributed by atoms with E-state index in [4.69, 9.17) is 11.6 Å². The zero-order valence-electron chi connectivity index (χ0n) is 11.9. The minimum Gasteiger partial charge on any atom is -0.385 e. The van der Waals surface area contributed by atoms with Gasteiger partial charge < -0.3 is 10.6 Å². The van der Waals surface area contributed by atoms with Gasteiger partial charge in [0.2, 0.25) is 0 Å². The number of nitrogens with one attached hydrogen (secondary N) is 2. The average Bonchev–Trinajstić information content (AvgIpc) is 2.40. The van der Waals surface area contributed by atoms with E-state index in [1.807, 2.05) is 6.92 Å². The minimum atomic E-state index is -3.04. The molecule has 1 aliphatic heterocycles. The van der Waals surface area contributed by atoms with Crippen LogP contribution in [0.3, 0.4) is 0 Å². The highest BCUT2D eigenvalue weighted by Gasteiger charge is 2.26. The topological polar surface area (TPSA) is 75.3 Å². The molecule has 2 rings (SSSR count). The third kappa shape index (κ3) is 4.35. The number of halogens is 1. The van der Waals surface area contributed by atoms with Gasteiger partial charge in [-0.2, -0.15) is 0 Å². The van der Waals surface area contributed by atoms with E-state index in [0.29, 0.717) is 35.7 Å². The van der Waals surface area contributed by atoms with Gasteiger partial charge in [-0.3, -0.25) is 4.79 Å². The maximum atomic E-state index is 12.4. The molecule has 1 amide bonds. The Labute approximate surface area is 130 Å². The van der Waals surface area contributed by atoms with E-state index in [1.54, 1.807) is 18.2 Å². The van der Waals surface area contributed by atoms with Crippen LogP contribution in [0.2, 0.25) is 5.02 Å². The van der Waals surface area contributed by atoms with Crippen molar-refractivity contribution in [2.45, 2.75) is 25.8 Å². The molecule has 1 saturated heterocycles. The lowest BCUT2D eigenvalue weighted by molar-refractivity contribution is 0.0939. The van der Waals surface area contributed by atoms with E-state index in [1.165, 1.54) is 0 Å². The second-order valence-electron chi connectivity index (χ2n) is 5.15. The summed E-state index contributed by atoms with van der Waals surface area (Å²) in [7, 11) is -3.04. The zero-order valence-corrected chi connectivity index (χ0v) is 13.4. The van der Waals surface area contributed by atoms with Crippen molar-refractivity contribution >= 4 is 33.0 Å². The molecule has 1 atom stereocenters. The van der Waals surface area contributed by atoms with Crippen LogP contribution >= 0.6 is 11.6 Å². The smallest absolute Gasteiger partial charge is 0.253 e. The summed E-state index contributed by atoms with van der Waals surface area (Å²) in [5.74, 6) is -0.0785. The van der Waals surface area contributed by atoms with Gasteiger partial charge in [-0.05, 0) is 38.0 Å². The van der Waals surface area contributed by atoms with E-state index in [2.05, 4.69) is 10.6 Å². The third-order valence-electron chi connectivity index (χ3n) is 3.39. The van der Waals surface area contributed by atoms with Gasteiger partial charge in [0.25, 0.3) is 5.91 Å². The Morgan fingerprint density at radius 3 is 2.86 bits per heavy atom. The lowest BCUT2D eigenvalue weighted by Gasteiger charge is -2.23. The first kappa shape index (κ1) is 16.1. The van der Waals surface area contributed by atoms with Crippen molar-refractivity contribution in [1.29, 1.82) is 0 Å². The molecular formula is C14H19ClN2O3S. The number of carbonyl (C=O) groups is 1. The number of benzene rings is 1. The maximum absolute atomic E-state index is 12.4. The summed E-state index contributed by atoms with van der Waals surface area (Å²) in [6.45, 7) is 2.61. The van der Waals surface area contributed by atoms with Gasteiger partial charge in [0.15, 0.2) is 9.84 Å². The fourth-order valence-corrected chi connectivity index (χ4v) is 4.26. The SMILES string of the molecule is CCNc1ccc(Cl)cc1C(=O)NC1CCCS(=O)(=O)C1. The van der Waals surface area contributed by atoms with Gasteiger partial charge in [-0.1, -0.05) is 11.6 Å². The number of rotatable bonds is 4. The number of carbonyl (C=O) groups excluding carboxylic acids is 1. The van der Waals surface area contributed by atoms with Crippen molar-refractivity contribution in [3.63, 3.8) is 0 Å². The lowest BCUT2D eigenvalue weighted by Crippen LogP contribution is -2.43. The van der Waals surface area contributed by atoms with Crippen molar-refractivity contribution in [1.82, 2.24) is 5.32 Å². The molecule has 0 radical (unpaired) electrons. The Hall–Kier alpha value is -1.27. The summed E-state index contributed by atoms with van der Waals surface area (Å²) in [6.07, 6.45) is 1.27. The monoisotopic (exact) mass is 330 g/mol. The van der Waals surface area contributed by atoms with E-state index < -0.39 is 9.84 Å². The molecule has 1 aromatic carbocycles. The van der Waals surface area contributed by atoms with E-state index >= 15 is 0 Å². The predicted octanol–water partition coefficient (Wildman–Crippen LogP) is 2.08. The highest BCUT2D eigenvalue weighted by Crippen LogP contribution is 2.21. The van der Waals surface area contributed by atoms with Crippen LogP contribution in [0.4, 0.5) is 5.69 Å². The lowest BCUT2D eigenvalue weighted by atomic mass is 10.1. The Morgan fingerprint density at radius 2 is 2.19 bits per heavy atom. The molecule has 1 aromatic rings. The summed E-state index contributed by atoms with van der Waals surface area (Å²) in [4.78, 5) is 12.4. The van der Waals surface area contributed by atoms with Crippen LogP contribution in [0.25, 0.3) is 0 Å². The Morgan fingerprint density at radius 1 is 1.43 bits per heavy atom. The molecule has 21 heavy (non-hydrogen) atoms. The molecule has 0 aromatic heterocycles. The zero-order chi connectivity index (χ0) is 15.5. The normalized spacial score (nSPS) is 20.8. The Kier molecular flexibility index (Phi) is 5.11. The van der Waals surface area contributed by atoms with E-state index in [9.17, 15) is 13.2 Å². The van der Waals surface area contributed by atoms with Gasteiger partial charge in [-0.15, -0.1) is 0 Å². The van der Waals surface area contributed by atoms with Crippen LogP contribution in [0.5, 0.6) is 0 Å². The van der Waals surface area contributed by atoms with Crippen LogP contribution in [-0.2, 0) is 9.84 Å². The number of hydrogen-bond donors (Lipinski definition) is 2. The first-order valence-corrected chi connectivity index (χ1v) is 9.16. The standard InChI is InChI=1S/C14H19ClN2O3S/c1-2-16-13-6-5-10(15)8-12(13)14(18)17-11-4-3-7-21(19,20)9-11/h5-6,8,11,16H,2-4,7,9H2,1H3,(H,17,18). The van der Waals surface area contributed by atoms with Crippen molar-refractivity contribution in [3.8, 4) is 0 Å². The van der Waals surface area contributed by atoms with Crippen molar-refractivity contribution < 1.29 is 13.2 Å². The quantitative estimate of drug-likeness (QED) is 0.886. The molecule has 1 fully saturated rings. The Bertz CT molecular complexity index is 631. The van der Waals surface area contributed by atoms with Gasteiger partial charge in [0.1, 0.15) is 0 Å². The van der Waals surface area contributed by atoms with Crippen molar-refractivity contribution in [2.75, 3.05) is 23.4 Å². The molecular weight excluding hydrogens is 312 g/mol. The molecule has 0 aliphatic carbocycles. The molecule has 116 valence electrons. The summed E-state index contributed by atoms with van der Waals surface area (Å²) < 4.78 is 23.2. The summed E-state index contributed by atoms with van der Waals surface area (Å²) in [5, 5.41) is 6.37. The van der Waals surface area contributed by atoms with Crippen molar-refractivity contribution in [3.05, 3.63) is 28.8 Å². The second-order valence-corrected chi connectivity index (χ2v) is 7.81. The maximum Gasteiger partial charge on any atom is 0.253 e. The number of amides is 1. The van der Waals surface area contributed by atoms with Crippen LogP contribution in [-0.4, -0.2) is 38.4 Å². The first-order valence-electron chi connectivity index (χ1n) is 6.96. The predicted molar refractivity (Wildman–Crippen MR) is 84.8 cm³/mol.